The van der Waals surface area contributed by atoms with Gasteiger partial charge >= 0.3 is 0 Å². The van der Waals surface area contributed by atoms with E-state index in [0.29, 0.717) is 5.92 Å². The average molecular weight is 287 g/mol. The van der Waals surface area contributed by atoms with Crippen LogP contribution in [-0.2, 0) is 0 Å². The van der Waals surface area contributed by atoms with E-state index in [2.05, 4.69) is 22.4 Å². The number of aliphatic hydroxyl groups is 1. The Kier molecular flexibility index (Phi) is 5.41. The second-order valence-electron chi connectivity index (χ2n) is 4.78. The molecule has 0 radical (unpaired) electrons. The fourth-order valence-electron chi connectivity index (χ4n) is 2.93. The molecular weight excluding hydrogens is 266 g/mol. The predicted molar refractivity (Wildman–Crippen MR) is 76.1 cm³/mol. The molecular formula is C12H21N3OS2. The molecule has 1 heterocycles. The van der Waals surface area contributed by atoms with E-state index in [4.69, 9.17) is 0 Å². The first-order valence-corrected chi connectivity index (χ1v) is 8.42. The molecule has 0 aromatic carbocycles. The van der Waals surface area contributed by atoms with Gasteiger partial charge in [0.1, 0.15) is 5.51 Å². The number of thioether (sulfide) groups is 1. The zero-order valence-electron chi connectivity index (χ0n) is 10.8. The third-order valence-electron chi connectivity index (χ3n) is 3.80. The summed E-state index contributed by atoms with van der Waals surface area (Å²) in [6.45, 7) is 3.30. The Morgan fingerprint density at radius 2 is 2.56 bits per heavy atom. The van der Waals surface area contributed by atoms with Gasteiger partial charge in [-0.3, -0.25) is 0 Å². The van der Waals surface area contributed by atoms with Gasteiger partial charge in [-0.1, -0.05) is 36.4 Å². The number of rotatable bonds is 7. The van der Waals surface area contributed by atoms with E-state index < -0.39 is 0 Å². The first-order chi connectivity index (χ1) is 8.80. The van der Waals surface area contributed by atoms with Gasteiger partial charge in [0.25, 0.3) is 0 Å². The first-order valence-electron chi connectivity index (χ1n) is 6.55. The molecule has 1 aromatic heterocycles. The van der Waals surface area contributed by atoms with Crippen LogP contribution in [0.1, 0.15) is 32.6 Å². The molecule has 2 rings (SSSR count). The highest BCUT2D eigenvalue weighted by Gasteiger charge is 2.41. The summed E-state index contributed by atoms with van der Waals surface area (Å²) in [5.41, 5.74) is 1.74. The molecule has 18 heavy (non-hydrogen) atoms. The van der Waals surface area contributed by atoms with Gasteiger partial charge < -0.3 is 10.4 Å². The van der Waals surface area contributed by atoms with Crippen molar-refractivity contribution in [3.8, 4) is 0 Å². The lowest BCUT2D eigenvalue weighted by Crippen LogP contribution is -2.51. The summed E-state index contributed by atoms with van der Waals surface area (Å²) in [6.07, 6.45) is 4.69. The second-order valence-corrected chi connectivity index (χ2v) is 6.95. The Labute approximate surface area is 117 Å². The number of aromatic nitrogens is 2. The SMILES string of the molecule is CCNC1(CO)CCCC1CCSc1nncs1. The van der Waals surface area contributed by atoms with Crippen LogP contribution < -0.4 is 5.32 Å². The molecule has 2 unspecified atom stereocenters. The topological polar surface area (TPSA) is 58.0 Å². The van der Waals surface area contributed by atoms with Gasteiger partial charge in [-0.25, -0.2) is 0 Å². The molecule has 6 heteroatoms. The summed E-state index contributed by atoms with van der Waals surface area (Å²) in [6, 6.07) is 0. The maximum Gasteiger partial charge on any atom is 0.174 e. The van der Waals surface area contributed by atoms with Crippen molar-refractivity contribution in [1.82, 2.24) is 15.5 Å². The zero-order valence-corrected chi connectivity index (χ0v) is 12.4. The number of hydrogen-bond acceptors (Lipinski definition) is 6. The van der Waals surface area contributed by atoms with Crippen LogP contribution in [0.5, 0.6) is 0 Å². The average Bonchev–Trinajstić information content (AvgIpc) is 3.01. The smallest absolute Gasteiger partial charge is 0.174 e. The van der Waals surface area contributed by atoms with Crippen molar-refractivity contribution in [2.45, 2.75) is 42.5 Å². The van der Waals surface area contributed by atoms with Gasteiger partial charge in [0, 0.05) is 11.3 Å². The molecule has 0 saturated heterocycles. The summed E-state index contributed by atoms with van der Waals surface area (Å²) >= 11 is 3.38. The Morgan fingerprint density at radius 1 is 1.67 bits per heavy atom. The van der Waals surface area contributed by atoms with E-state index in [1.807, 2.05) is 0 Å². The maximum atomic E-state index is 9.71. The van der Waals surface area contributed by atoms with Crippen molar-refractivity contribution >= 4 is 23.1 Å². The van der Waals surface area contributed by atoms with Crippen LogP contribution in [0.25, 0.3) is 0 Å². The molecule has 1 aliphatic carbocycles. The molecule has 0 bridgehead atoms. The van der Waals surface area contributed by atoms with Gasteiger partial charge in [0.15, 0.2) is 4.34 Å². The van der Waals surface area contributed by atoms with Gasteiger partial charge in [-0.05, 0) is 31.7 Å². The summed E-state index contributed by atoms with van der Waals surface area (Å²) in [7, 11) is 0. The minimum atomic E-state index is -0.0313. The number of nitrogens with one attached hydrogen (secondary N) is 1. The van der Waals surface area contributed by atoms with Crippen LogP contribution in [-0.4, -0.2) is 39.7 Å². The Hall–Kier alpha value is -0.170. The molecule has 2 atom stereocenters. The minimum absolute atomic E-state index is 0.0313. The highest BCUT2D eigenvalue weighted by Crippen LogP contribution is 2.38. The van der Waals surface area contributed by atoms with E-state index in [-0.39, 0.29) is 12.1 Å². The summed E-state index contributed by atoms with van der Waals surface area (Å²) in [4.78, 5) is 0. The Morgan fingerprint density at radius 3 is 3.22 bits per heavy atom. The second kappa shape index (κ2) is 6.84. The minimum Gasteiger partial charge on any atom is -0.394 e. The van der Waals surface area contributed by atoms with Gasteiger partial charge in [-0.2, -0.15) is 0 Å². The molecule has 102 valence electrons. The number of nitrogens with zero attached hydrogens (tertiary/aromatic N) is 2. The van der Waals surface area contributed by atoms with E-state index in [0.717, 1.165) is 29.5 Å². The van der Waals surface area contributed by atoms with E-state index >= 15 is 0 Å². The van der Waals surface area contributed by atoms with Crippen LogP contribution in [0.15, 0.2) is 9.85 Å². The summed E-state index contributed by atoms with van der Waals surface area (Å²) in [5, 5.41) is 21.1. The highest BCUT2D eigenvalue weighted by molar-refractivity contribution is 8.00. The van der Waals surface area contributed by atoms with Crippen molar-refractivity contribution in [3.63, 3.8) is 0 Å². The normalized spacial score (nSPS) is 27.8. The maximum absolute atomic E-state index is 9.71. The molecule has 0 aliphatic heterocycles. The lowest BCUT2D eigenvalue weighted by molar-refractivity contribution is 0.124. The molecule has 1 saturated carbocycles. The van der Waals surface area contributed by atoms with Gasteiger partial charge in [0.2, 0.25) is 0 Å². The Balaban J connectivity index is 1.83. The molecule has 0 amide bonds. The Bertz CT molecular complexity index is 347. The zero-order chi connectivity index (χ0) is 12.8. The molecule has 2 N–H and O–H groups in total. The summed E-state index contributed by atoms with van der Waals surface area (Å²) < 4.78 is 1.05. The third kappa shape index (κ3) is 3.23. The number of hydrogen-bond donors (Lipinski definition) is 2. The van der Waals surface area contributed by atoms with Crippen molar-refractivity contribution in [2.75, 3.05) is 18.9 Å². The standard InChI is InChI=1S/C12H21N3OS2/c1-2-13-12(8-16)6-3-4-10(12)5-7-17-11-15-14-9-18-11/h9-10,13,16H,2-8H2,1H3. The van der Waals surface area contributed by atoms with Crippen LogP contribution in [0.3, 0.4) is 0 Å². The van der Waals surface area contributed by atoms with Gasteiger partial charge in [0.05, 0.1) is 6.61 Å². The van der Waals surface area contributed by atoms with Crippen LogP contribution >= 0.6 is 23.1 Å². The van der Waals surface area contributed by atoms with E-state index in [1.54, 1.807) is 28.6 Å². The third-order valence-corrected chi connectivity index (χ3v) is 5.69. The highest BCUT2D eigenvalue weighted by atomic mass is 32.2. The predicted octanol–water partition coefficient (Wildman–Crippen LogP) is 2.16. The van der Waals surface area contributed by atoms with Crippen molar-refractivity contribution in [2.24, 2.45) is 5.92 Å². The monoisotopic (exact) mass is 287 g/mol. The van der Waals surface area contributed by atoms with E-state index in [9.17, 15) is 5.11 Å². The van der Waals surface area contributed by atoms with Crippen molar-refractivity contribution in [1.29, 1.82) is 0 Å². The van der Waals surface area contributed by atoms with Gasteiger partial charge in [-0.15, -0.1) is 10.2 Å². The van der Waals surface area contributed by atoms with E-state index in [1.165, 1.54) is 12.8 Å². The number of likely N-dealkylation sites (N-methyl/N-ethyl adjacent to an activating group) is 1. The molecule has 1 aromatic rings. The lowest BCUT2D eigenvalue weighted by Gasteiger charge is -2.34. The molecule has 0 spiro atoms. The quantitative estimate of drug-likeness (QED) is 0.753. The van der Waals surface area contributed by atoms with Crippen molar-refractivity contribution < 1.29 is 5.11 Å². The fraction of sp³-hybridized carbons (Fsp3) is 0.833. The molecule has 1 fully saturated rings. The fourth-order valence-corrected chi connectivity index (χ4v) is 4.54. The van der Waals surface area contributed by atoms with Crippen LogP contribution in [0, 0.1) is 5.92 Å². The van der Waals surface area contributed by atoms with Crippen molar-refractivity contribution in [3.05, 3.63) is 5.51 Å². The molecule has 1 aliphatic rings. The molecule has 4 nitrogen and oxygen atoms in total. The first kappa shape index (κ1) is 14.2. The summed E-state index contributed by atoms with van der Waals surface area (Å²) in [5.74, 6) is 1.65. The largest absolute Gasteiger partial charge is 0.394 e. The van der Waals surface area contributed by atoms with Crippen LogP contribution in [0.2, 0.25) is 0 Å². The lowest BCUT2D eigenvalue weighted by atomic mass is 9.86. The number of aliphatic hydroxyl groups excluding tert-OH is 1. The van der Waals surface area contributed by atoms with Crippen LogP contribution in [0.4, 0.5) is 0 Å².